The van der Waals surface area contributed by atoms with Crippen molar-refractivity contribution in [3.63, 3.8) is 0 Å². The highest BCUT2D eigenvalue weighted by Gasteiger charge is 2.08. The SMILES string of the molecule is COc1ccc(CCc2nc3nc(N)[nH]c(=O)c3[nH]2)cc1. The third kappa shape index (κ3) is 2.71. The van der Waals surface area contributed by atoms with Gasteiger partial charge in [-0.1, -0.05) is 12.1 Å². The number of hydrogen-bond donors (Lipinski definition) is 3. The van der Waals surface area contributed by atoms with Gasteiger partial charge in [0.2, 0.25) is 5.95 Å². The maximum Gasteiger partial charge on any atom is 0.278 e. The molecule has 0 aliphatic rings. The lowest BCUT2D eigenvalue weighted by Gasteiger charge is -2.02. The highest BCUT2D eigenvalue weighted by Crippen LogP contribution is 2.13. The topological polar surface area (TPSA) is 110 Å². The van der Waals surface area contributed by atoms with E-state index in [1.807, 2.05) is 24.3 Å². The van der Waals surface area contributed by atoms with E-state index in [0.717, 1.165) is 17.7 Å². The van der Waals surface area contributed by atoms with Crippen molar-refractivity contribution in [3.05, 3.63) is 46.0 Å². The average Bonchev–Trinajstić information content (AvgIpc) is 2.89. The molecule has 0 unspecified atom stereocenters. The van der Waals surface area contributed by atoms with Gasteiger partial charge in [0, 0.05) is 6.42 Å². The van der Waals surface area contributed by atoms with E-state index in [1.165, 1.54) is 0 Å². The van der Waals surface area contributed by atoms with Gasteiger partial charge in [-0.3, -0.25) is 9.78 Å². The number of rotatable bonds is 4. The van der Waals surface area contributed by atoms with Crippen LogP contribution in [0.4, 0.5) is 5.95 Å². The highest BCUT2D eigenvalue weighted by atomic mass is 16.5. The number of aromatic nitrogens is 4. The Hall–Kier alpha value is -2.83. The molecular weight excluding hydrogens is 270 g/mol. The van der Waals surface area contributed by atoms with Crippen LogP contribution in [0.5, 0.6) is 5.75 Å². The van der Waals surface area contributed by atoms with E-state index in [9.17, 15) is 4.79 Å². The molecule has 0 saturated carbocycles. The molecule has 7 heteroatoms. The molecule has 0 spiro atoms. The predicted octanol–water partition coefficient (Wildman–Crippen LogP) is 1.02. The number of fused-ring (bicyclic) bond motifs is 1. The van der Waals surface area contributed by atoms with E-state index in [2.05, 4.69) is 19.9 Å². The first-order valence-electron chi connectivity index (χ1n) is 6.53. The number of aromatic amines is 2. The zero-order valence-electron chi connectivity index (χ0n) is 11.5. The van der Waals surface area contributed by atoms with Gasteiger partial charge in [-0.2, -0.15) is 4.98 Å². The maximum absolute atomic E-state index is 11.7. The Kier molecular flexibility index (Phi) is 3.31. The van der Waals surface area contributed by atoms with Crippen LogP contribution in [0.3, 0.4) is 0 Å². The molecule has 0 fully saturated rings. The Morgan fingerprint density at radius 3 is 2.62 bits per heavy atom. The van der Waals surface area contributed by atoms with Gasteiger partial charge in [0.1, 0.15) is 11.6 Å². The molecule has 3 rings (SSSR count). The molecule has 21 heavy (non-hydrogen) atoms. The summed E-state index contributed by atoms with van der Waals surface area (Å²) >= 11 is 0. The first kappa shape index (κ1) is 13.2. The highest BCUT2D eigenvalue weighted by molar-refractivity contribution is 5.70. The summed E-state index contributed by atoms with van der Waals surface area (Å²) in [6.07, 6.45) is 1.49. The monoisotopic (exact) mass is 285 g/mol. The molecule has 108 valence electrons. The van der Waals surface area contributed by atoms with Crippen LogP contribution in [-0.2, 0) is 12.8 Å². The Balaban J connectivity index is 1.78. The number of H-pyrrole nitrogens is 2. The number of ether oxygens (including phenoxy) is 1. The first-order chi connectivity index (χ1) is 10.2. The van der Waals surface area contributed by atoms with Crippen LogP contribution in [-0.4, -0.2) is 27.0 Å². The molecule has 0 aliphatic heterocycles. The van der Waals surface area contributed by atoms with Crippen molar-refractivity contribution < 1.29 is 4.74 Å². The number of hydrogen-bond acceptors (Lipinski definition) is 5. The van der Waals surface area contributed by atoms with Crippen LogP contribution in [0.15, 0.2) is 29.1 Å². The third-order valence-electron chi connectivity index (χ3n) is 3.24. The predicted molar refractivity (Wildman–Crippen MR) is 79.3 cm³/mol. The lowest BCUT2D eigenvalue weighted by Crippen LogP contribution is -2.10. The van der Waals surface area contributed by atoms with E-state index in [4.69, 9.17) is 10.5 Å². The van der Waals surface area contributed by atoms with Crippen molar-refractivity contribution in [1.29, 1.82) is 0 Å². The molecule has 2 heterocycles. The molecule has 0 atom stereocenters. The van der Waals surface area contributed by atoms with E-state index >= 15 is 0 Å². The average molecular weight is 285 g/mol. The summed E-state index contributed by atoms with van der Waals surface area (Å²) in [6, 6.07) is 7.84. The Morgan fingerprint density at radius 1 is 1.14 bits per heavy atom. The molecule has 0 aliphatic carbocycles. The van der Waals surface area contributed by atoms with Crippen LogP contribution in [0.1, 0.15) is 11.4 Å². The standard InChI is InChI=1S/C14H15N5O2/c1-21-9-5-2-8(3-6-9)4-7-10-16-11-12(17-10)18-14(15)19-13(11)20/h2-3,5-6H,4,7H2,1H3,(H4,15,16,17,18,19,20). The Morgan fingerprint density at radius 2 is 1.90 bits per heavy atom. The lowest BCUT2D eigenvalue weighted by molar-refractivity contribution is 0.414. The van der Waals surface area contributed by atoms with Crippen LogP contribution >= 0.6 is 0 Å². The molecule has 0 saturated heterocycles. The smallest absolute Gasteiger partial charge is 0.278 e. The maximum atomic E-state index is 11.7. The number of imidazole rings is 1. The van der Waals surface area contributed by atoms with Crippen LogP contribution in [0.2, 0.25) is 0 Å². The van der Waals surface area contributed by atoms with Crippen molar-refractivity contribution >= 4 is 17.1 Å². The summed E-state index contributed by atoms with van der Waals surface area (Å²) in [7, 11) is 1.64. The van der Waals surface area contributed by atoms with Gasteiger partial charge in [-0.25, -0.2) is 4.98 Å². The second kappa shape index (κ2) is 5.28. The lowest BCUT2D eigenvalue weighted by atomic mass is 10.1. The third-order valence-corrected chi connectivity index (χ3v) is 3.24. The van der Waals surface area contributed by atoms with Crippen LogP contribution in [0, 0.1) is 0 Å². The van der Waals surface area contributed by atoms with Crippen molar-refractivity contribution in [1.82, 2.24) is 19.9 Å². The van der Waals surface area contributed by atoms with Gasteiger partial charge in [0.15, 0.2) is 11.2 Å². The number of nitrogens with zero attached hydrogens (tertiary/aromatic N) is 2. The van der Waals surface area contributed by atoms with Gasteiger partial charge >= 0.3 is 0 Å². The summed E-state index contributed by atoms with van der Waals surface area (Å²) in [5.74, 6) is 1.61. The minimum absolute atomic E-state index is 0.0701. The fraction of sp³-hybridized carbons (Fsp3) is 0.214. The van der Waals surface area contributed by atoms with E-state index < -0.39 is 0 Å². The van der Waals surface area contributed by atoms with Gasteiger partial charge < -0.3 is 15.5 Å². The summed E-state index contributed by atoms with van der Waals surface area (Å²) in [5, 5.41) is 0. The number of nitrogens with one attached hydrogen (secondary N) is 2. The first-order valence-corrected chi connectivity index (χ1v) is 6.53. The van der Waals surface area contributed by atoms with Crippen molar-refractivity contribution in [2.75, 3.05) is 12.8 Å². The number of anilines is 1. The zero-order chi connectivity index (χ0) is 14.8. The molecule has 7 nitrogen and oxygen atoms in total. The minimum atomic E-state index is -0.305. The van der Waals surface area contributed by atoms with Gasteiger partial charge in [-0.15, -0.1) is 0 Å². The quantitative estimate of drug-likeness (QED) is 0.663. The number of benzene rings is 1. The van der Waals surface area contributed by atoms with E-state index in [-0.39, 0.29) is 11.5 Å². The van der Waals surface area contributed by atoms with Crippen LogP contribution in [0.25, 0.3) is 11.2 Å². The molecular formula is C14H15N5O2. The number of methoxy groups -OCH3 is 1. The number of aryl methyl sites for hydroxylation is 2. The summed E-state index contributed by atoms with van der Waals surface area (Å²) in [5.41, 5.74) is 7.06. The number of nitrogen functional groups attached to an aromatic ring is 1. The van der Waals surface area contributed by atoms with Crippen molar-refractivity contribution in [2.45, 2.75) is 12.8 Å². The van der Waals surface area contributed by atoms with Gasteiger partial charge in [0.25, 0.3) is 5.56 Å². The van der Waals surface area contributed by atoms with Crippen molar-refractivity contribution in [2.24, 2.45) is 0 Å². The number of nitrogens with two attached hydrogens (primary N) is 1. The Bertz CT molecular complexity index is 819. The van der Waals surface area contributed by atoms with Crippen LogP contribution < -0.4 is 16.0 Å². The van der Waals surface area contributed by atoms with E-state index in [1.54, 1.807) is 7.11 Å². The molecule has 0 radical (unpaired) electrons. The minimum Gasteiger partial charge on any atom is -0.497 e. The second-order valence-corrected chi connectivity index (χ2v) is 4.68. The van der Waals surface area contributed by atoms with Gasteiger partial charge in [-0.05, 0) is 24.1 Å². The second-order valence-electron chi connectivity index (χ2n) is 4.68. The molecule has 0 amide bonds. The van der Waals surface area contributed by atoms with Crippen molar-refractivity contribution in [3.8, 4) is 5.75 Å². The normalized spacial score (nSPS) is 10.9. The fourth-order valence-corrected chi connectivity index (χ4v) is 2.15. The molecule has 4 N–H and O–H groups in total. The molecule has 3 aromatic rings. The molecule has 0 bridgehead atoms. The van der Waals surface area contributed by atoms with E-state index in [0.29, 0.717) is 23.4 Å². The molecule has 2 aromatic heterocycles. The molecule has 1 aromatic carbocycles. The summed E-state index contributed by atoms with van der Waals surface area (Å²) in [4.78, 5) is 25.4. The van der Waals surface area contributed by atoms with Gasteiger partial charge in [0.05, 0.1) is 7.11 Å². The zero-order valence-corrected chi connectivity index (χ0v) is 11.5. The Labute approximate surface area is 120 Å². The fourth-order valence-electron chi connectivity index (χ4n) is 2.15. The summed E-state index contributed by atoms with van der Waals surface area (Å²) < 4.78 is 5.12. The summed E-state index contributed by atoms with van der Waals surface area (Å²) in [6.45, 7) is 0. The largest absolute Gasteiger partial charge is 0.497 e.